The van der Waals surface area contributed by atoms with E-state index < -0.39 is 47.2 Å². The lowest BCUT2D eigenvalue weighted by atomic mass is 9.68. The summed E-state index contributed by atoms with van der Waals surface area (Å²) in [5.41, 5.74) is 0.204. The van der Waals surface area contributed by atoms with E-state index in [1.807, 2.05) is 105 Å². The Bertz CT molecular complexity index is 1410. The molecular weight excluding hydrogens is 576 g/mol. The first-order valence-electron chi connectivity index (χ1n) is 15.1. The van der Waals surface area contributed by atoms with Crippen molar-refractivity contribution >= 4 is 17.5 Å². The Morgan fingerprint density at radius 2 is 1.59 bits per heavy atom. The van der Waals surface area contributed by atoms with Crippen molar-refractivity contribution in [2.75, 3.05) is 7.11 Å². The molecule has 8 heteroatoms. The van der Waals surface area contributed by atoms with E-state index >= 15 is 0 Å². The zero-order chi connectivity index (χ0) is 30.7. The van der Waals surface area contributed by atoms with Gasteiger partial charge in [-0.15, -0.1) is 6.58 Å². The van der Waals surface area contributed by atoms with Crippen LogP contribution in [0.3, 0.4) is 0 Å². The third-order valence-corrected chi connectivity index (χ3v) is 9.78. The summed E-state index contributed by atoms with van der Waals surface area (Å²) in [6.45, 7) is 8.17. The number of thioether (sulfide) groups is 1. The predicted octanol–water partition coefficient (Wildman–Crippen LogP) is 6.74. The average molecular weight is 617 g/mol. The molecule has 0 radical (unpaired) electrons. The number of hydrogen-bond acceptors (Lipinski definition) is 8. The molecule has 2 saturated heterocycles. The van der Waals surface area contributed by atoms with Gasteiger partial charge in [0.15, 0.2) is 11.6 Å². The molecule has 44 heavy (non-hydrogen) atoms. The summed E-state index contributed by atoms with van der Waals surface area (Å²) in [6.07, 6.45) is 0.577. The summed E-state index contributed by atoms with van der Waals surface area (Å²) in [6, 6.07) is 27.8. The summed E-state index contributed by atoms with van der Waals surface area (Å²) >= 11 is 1.56. The average Bonchev–Trinajstić information content (AvgIpc) is 3.54. The van der Waals surface area contributed by atoms with Crippen LogP contribution >= 0.6 is 11.8 Å². The number of allylic oxidation sites excluding steroid dienone is 1. The Morgan fingerprint density at radius 3 is 2.27 bits per heavy atom. The maximum atomic E-state index is 14.6. The summed E-state index contributed by atoms with van der Waals surface area (Å²) in [5.74, 6) is -0.913. The molecule has 232 valence electrons. The second kappa shape index (κ2) is 13.2. The van der Waals surface area contributed by atoms with Crippen molar-refractivity contribution in [2.45, 2.75) is 86.0 Å². The molecule has 0 spiro atoms. The molecule has 7 atom stereocenters. The number of carbonyl (C=O) groups is 1. The molecule has 2 heterocycles. The highest BCUT2D eigenvalue weighted by atomic mass is 32.2. The summed E-state index contributed by atoms with van der Waals surface area (Å²) in [7, 11) is 1.64. The molecule has 3 aromatic carbocycles. The van der Waals surface area contributed by atoms with Crippen LogP contribution in [-0.4, -0.2) is 54.1 Å². The molecule has 0 unspecified atom stereocenters. The Hall–Kier alpha value is -2.98. The Morgan fingerprint density at radius 1 is 0.909 bits per heavy atom. The number of rotatable bonds is 12. The van der Waals surface area contributed by atoms with Crippen LogP contribution in [0.1, 0.15) is 37.8 Å². The van der Waals surface area contributed by atoms with Crippen LogP contribution < -0.4 is 4.74 Å². The fraction of sp³-hybridized carbons (Fsp3) is 0.417. The molecule has 0 bridgehead atoms. The number of fused-ring (bicyclic) bond motifs is 2. The molecule has 0 N–H and O–H groups in total. The van der Waals surface area contributed by atoms with Crippen molar-refractivity contribution in [1.29, 1.82) is 0 Å². The number of ketones is 1. The van der Waals surface area contributed by atoms with Crippen LogP contribution in [-0.2, 0) is 41.7 Å². The summed E-state index contributed by atoms with van der Waals surface area (Å²) in [5, 5.41) is 0. The maximum absolute atomic E-state index is 14.6. The van der Waals surface area contributed by atoms with E-state index in [0.29, 0.717) is 12.8 Å². The third kappa shape index (κ3) is 6.12. The lowest BCUT2D eigenvalue weighted by Gasteiger charge is -2.49. The number of benzene rings is 3. The van der Waals surface area contributed by atoms with Gasteiger partial charge < -0.3 is 28.4 Å². The van der Waals surface area contributed by atoms with Gasteiger partial charge in [-0.3, -0.25) is 4.79 Å². The van der Waals surface area contributed by atoms with Crippen molar-refractivity contribution in [1.82, 2.24) is 0 Å². The van der Waals surface area contributed by atoms with E-state index in [0.717, 1.165) is 21.8 Å². The van der Waals surface area contributed by atoms with Gasteiger partial charge in [0, 0.05) is 4.90 Å². The van der Waals surface area contributed by atoms with Gasteiger partial charge >= 0.3 is 0 Å². The van der Waals surface area contributed by atoms with E-state index in [9.17, 15) is 4.79 Å². The second-order valence-electron chi connectivity index (χ2n) is 11.9. The van der Waals surface area contributed by atoms with Crippen LogP contribution in [0.15, 0.2) is 102 Å². The lowest BCUT2D eigenvalue weighted by Crippen LogP contribution is -2.69. The normalized spacial score (nSPS) is 30.5. The van der Waals surface area contributed by atoms with Crippen LogP contribution in [0.25, 0.3) is 0 Å². The number of methoxy groups -OCH3 is 1. The molecule has 1 saturated carbocycles. The molecule has 0 amide bonds. The van der Waals surface area contributed by atoms with Crippen molar-refractivity contribution < 1.29 is 33.2 Å². The molecule has 2 aliphatic heterocycles. The molecule has 1 aliphatic carbocycles. The minimum atomic E-state index is -1.18. The van der Waals surface area contributed by atoms with Gasteiger partial charge in [0.1, 0.15) is 35.1 Å². The standard InChI is InChI=1S/C36H40O7S/c1-5-6-17-28-29-30(37)31-32(43-35(2,3)42-31)33(39-22-25-18-20-26(38-4)21-19-25)36(29,40-23-24-13-9-7-10-14-24)34(41-28)44-27-15-11-8-12-16-27/h5,7-16,18-21,28-29,31-34H,1,6,17,22-23H2,2-4H3/t28-,29+,31+,32+,33+,34+,36-/m1/s1. The molecule has 3 fully saturated rings. The van der Waals surface area contributed by atoms with Crippen molar-refractivity contribution in [3.63, 3.8) is 0 Å². The highest BCUT2D eigenvalue weighted by Gasteiger charge is 2.73. The fourth-order valence-electron chi connectivity index (χ4n) is 6.58. The van der Waals surface area contributed by atoms with Crippen LogP contribution in [0.4, 0.5) is 0 Å². The van der Waals surface area contributed by atoms with E-state index in [-0.39, 0.29) is 19.0 Å². The lowest BCUT2D eigenvalue weighted by molar-refractivity contribution is -0.232. The van der Waals surface area contributed by atoms with E-state index in [1.54, 1.807) is 18.9 Å². The first-order valence-corrected chi connectivity index (χ1v) is 16.0. The Kier molecular flexibility index (Phi) is 9.29. The number of ether oxygens (including phenoxy) is 6. The van der Waals surface area contributed by atoms with Gasteiger partial charge in [0.05, 0.1) is 32.3 Å². The summed E-state index contributed by atoms with van der Waals surface area (Å²) in [4.78, 5) is 15.6. The smallest absolute Gasteiger partial charge is 0.173 e. The molecule has 3 aromatic rings. The SMILES string of the molecule is C=CCC[C@H]1O[C@@H](Sc2ccccc2)[C@@]2(OCc3ccccc3)[C@@H]1C(=O)[C@@H]1OC(C)(C)O[C@@H]1[C@@H]2OCc1ccc(OC)cc1. The number of Topliss-reactive ketones (excluding diaryl/α,β-unsaturated/α-hetero) is 1. The Labute approximate surface area is 263 Å². The summed E-state index contributed by atoms with van der Waals surface area (Å²) < 4.78 is 39.0. The largest absolute Gasteiger partial charge is 0.497 e. The van der Waals surface area contributed by atoms with E-state index in [2.05, 4.69) is 6.58 Å². The minimum Gasteiger partial charge on any atom is -0.497 e. The molecule has 0 aromatic heterocycles. The molecular formula is C36H40O7S. The zero-order valence-electron chi connectivity index (χ0n) is 25.4. The quantitative estimate of drug-likeness (QED) is 0.207. The van der Waals surface area contributed by atoms with E-state index in [1.165, 1.54) is 0 Å². The van der Waals surface area contributed by atoms with E-state index in [4.69, 9.17) is 28.4 Å². The van der Waals surface area contributed by atoms with Gasteiger partial charge in [-0.2, -0.15) is 0 Å². The molecule has 7 nitrogen and oxygen atoms in total. The zero-order valence-corrected chi connectivity index (χ0v) is 26.2. The van der Waals surface area contributed by atoms with Gasteiger partial charge in [0.2, 0.25) is 0 Å². The van der Waals surface area contributed by atoms with Crippen LogP contribution in [0.5, 0.6) is 5.75 Å². The van der Waals surface area contributed by atoms with Gasteiger partial charge in [-0.25, -0.2) is 0 Å². The predicted molar refractivity (Wildman–Crippen MR) is 168 cm³/mol. The first-order chi connectivity index (χ1) is 21.3. The van der Waals surface area contributed by atoms with Gasteiger partial charge in [0.25, 0.3) is 0 Å². The highest BCUT2D eigenvalue weighted by Crippen LogP contribution is 2.57. The fourth-order valence-corrected chi connectivity index (χ4v) is 7.87. The highest BCUT2D eigenvalue weighted by molar-refractivity contribution is 7.99. The van der Waals surface area contributed by atoms with Gasteiger partial charge in [-0.1, -0.05) is 78.5 Å². The van der Waals surface area contributed by atoms with Gasteiger partial charge in [-0.05, 0) is 62.1 Å². The third-order valence-electron chi connectivity index (χ3n) is 8.55. The second-order valence-corrected chi connectivity index (χ2v) is 13.0. The maximum Gasteiger partial charge on any atom is 0.173 e. The minimum absolute atomic E-state index is 0.0665. The molecule has 6 rings (SSSR count). The number of hydrogen-bond donors (Lipinski definition) is 0. The topological polar surface area (TPSA) is 72.5 Å². The van der Waals surface area contributed by atoms with Crippen molar-refractivity contribution in [3.8, 4) is 5.75 Å². The molecule has 3 aliphatic rings. The van der Waals surface area contributed by atoms with Crippen LogP contribution in [0, 0.1) is 5.92 Å². The van der Waals surface area contributed by atoms with Crippen molar-refractivity contribution in [3.05, 3.63) is 109 Å². The number of carbonyl (C=O) groups excluding carboxylic acids is 1. The first kappa shape index (κ1) is 31.0. The van der Waals surface area contributed by atoms with Crippen LogP contribution in [0.2, 0.25) is 0 Å². The van der Waals surface area contributed by atoms with Crippen molar-refractivity contribution in [2.24, 2.45) is 5.92 Å². The Balaban J connectivity index is 1.46. The monoisotopic (exact) mass is 616 g/mol.